The first-order valence-corrected chi connectivity index (χ1v) is 5.22. The first-order valence-electron chi connectivity index (χ1n) is 5.22. The summed E-state index contributed by atoms with van der Waals surface area (Å²) < 4.78 is 1.81. The van der Waals surface area contributed by atoms with Crippen molar-refractivity contribution in [2.75, 3.05) is 0 Å². The SMILES string of the molecule is Cc1cccc2c1c(CCC(=O)O)nn2C. The molecule has 0 aliphatic heterocycles. The lowest BCUT2D eigenvalue weighted by Crippen LogP contribution is -1.99. The van der Waals surface area contributed by atoms with E-state index in [2.05, 4.69) is 5.10 Å². The van der Waals surface area contributed by atoms with E-state index in [1.54, 1.807) is 4.68 Å². The number of aryl methyl sites for hydroxylation is 3. The molecular formula is C12H14N2O2. The lowest BCUT2D eigenvalue weighted by Gasteiger charge is -1.98. The Kier molecular flexibility index (Phi) is 2.64. The molecule has 2 rings (SSSR count). The van der Waals surface area contributed by atoms with E-state index in [-0.39, 0.29) is 6.42 Å². The quantitative estimate of drug-likeness (QED) is 0.856. The molecule has 84 valence electrons. The van der Waals surface area contributed by atoms with Gasteiger partial charge in [-0.05, 0) is 18.6 Å². The topological polar surface area (TPSA) is 55.1 Å². The fourth-order valence-electron chi connectivity index (χ4n) is 1.98. The van der Waals surface area contributed by atoms with Crippen molar-refractivity contribution in [1.29, 1.82) is 0 Å². The third-order valence-corrected chi connectivity index (χ3v) is 2.73. The van der Waals surface area contributed by atoms with Crippen molar-refractivity contribution in [3.8, 4) is 0 Å². The number of fused-ring (bicyclic) bond motifs is 1. The summed E-state index contributed by atoms with van der Waals surface area (Å²) in [6.07, 6.45) is 0.609. The third-order valence-electron chi connectivity index (χ3n) is 2.73. The summed E-state index contributed by atoms with van der Waals surface area (Å²) >= 11 is 0. The molecule has 0 aliphatic rings. The van der Waals surface area contributed by atoms with Crippen molar-refractivity contribution in [3.05, 3.63) is 29.5 Å². The number of hydrogen-bond donors (Lipinski definition) is 1. The zero-order valence-electron chi connectivity index (χ0n) is 9.40. The van der Waals surface area contributed by atoms with Gasteiger partial charge in [0.15, 0.2) is 0 Å². The Morgan fingerprint density at radius 1 is 1.50 bits per heavy atom. The number of benzene rings is 1. The molecule has 1 N–H and O–H groups in total. The number of hydrogen-bond acceptors (Lipinski definition) is 2. The van der Waals surface area contributed by atoms with Gasteiger partial charge in [0.25, 0.3) is 0 Å². The Morgan fingerprint density at radius 3 is 2.94 bits per heavy atom. The molecular weight excluding hydrogens is 204 g/mol. The Hall–Kier alpha value is -1.84. The van der Waals surface area contributed by atoms with E-state index in [0.717, 1.165) is 22.2 Å². The van der Waals surface area contributed by atoms with Gasteiger partial charge in [0.05, 0.1) is 17.6 Å². The van der Waals surface area contributed by atoms with Crippen LogP contribution >= 0.6 is 0 Å². The van der Waals surface area contributed by atoms with E-state index in [4.69, 9.17) is 5.11 Å². The molecule has 1 heterocycles. The minimum Gasteiger partial charge on any atom is -0.481 e. The Labute approximate surface area is 93.5 Å². The normalized spacial score (nSPS) is 10.9. The molecule has 0 aliphatic carbocycles. The number of carboxylic acids is 1. The van der Waals surface area contributed by atoms with Gasteiger partial charge >= 0.3 is 5.97 Å². The molecule has 2 aromatic rings. The molecule has 4 heteroatoms. The smallest absolute Gasteiger partial charge is 0.303 e. The van der Waals surface area contributed by atoms with Crippen LogP contribution in [0.1, 0.15) is 17.7 Å². The second kappa shape index (κ2) is 3.96. The summed E-state index contributed by atoms with van der Waals surface area (Å²) in [5.74, 6) is -0.785. The number of rotatable bonds is 3. The number of aromatic nitrogens is 2. The summed E-state index contributed by atoms with van der Waals surface area (Å²) in [5, 5.41) is 14.2. The van der Waals surface area contributed by atoms with Gasteiger partial charge in [-0.3, -0.25) is 9.48 Å². The minimum absolute atomic E-state index is 0.125. The number of carbonyl (C=O) groups is 1. The average Bonchev–Trinajstić information content (AvgIpc) is 2.55. The third kappa shape index (κ3) is 1.78. The van der Waals surface area contributed by atoms with Gasteiger partial charge < -0.3 is 5.11 Å². The maximum atomic E-state index is 10.6. The van der Waals surface area contributed by atoms with Crippen LogP contribution in [-0.2, 0) is 18.3 Å². The zero-order valence-corrected chi connectivity index (χ0v) is 9.40. The van der Waals surface area contributed by atoms with Gasteiger partial charge in [-0.1, -0.05) is 12.1 Å². The van der Waals surface area contributed by atoms with E-state index in [1.165, 1.54) is 0 Å². The summed E-state index contributed by atoms with van der Waals surface area (Å²) in [7, 11) is 1.88. The Bertz CT molecular complexity index is 543. The second-order valence-corrected chi connectivity index (χ2v) is 3.93. The fourth-order valence-corrected chi connectivity index (χ4v) is 1.98. The predicted octanol–water partition coefficient (Wildman–Crippen LogP) is 1.90. The van der Waals surface area contributed by atoms with Crippen molar-refractivity contribution in [3.63, 3.8) is 0 Å². The van der Waals surface area contributed by atoms with Crippen LogP contribution in [0.15, 0.2) is 18.2 Å². The van der Waals surface area contributed by atoms with Crippen LogP contribution in [0.2, 0.25) is 0 Å². The molecule has 4 nitrogen and oxygen atoms in total. The minimum atomic E-state index is -0.785. The van der Waals surface area contributed by atoms with Gasteiger partial charge in [0.1, 0.15) is 0 Å². The standard InChI is InChI=1S/C12H14N2O2/c1-8-4-3-5-10-12(8)9(13-14(10)2)6-7-11(15)16/h3-5H,6-7H2,1-2H3,(H,15,16). The van der Waals surface area contributed by atoms with Crippen LogP contribution in [0.5, 0.6) is 0 Å². The first-order chi connectivity index (χ1) is 7.59. The molecule has 1 aromatic carbocycles. The first kappa shape index (κ1) is 10.7. The highest BCUT2D eigenvalue weighted by Crippen LogP contribution is 2.22. The average molecular weight is 218 g/mol. The number of aliphatic carboxylic acids is 1. The molecule has 0 radical (unpaired) electrons. The molecule has 0 amide bonds. The molecule has 0 unspecified atom stereocenters. The van der Waals surface area contributed by atoms with E-state index < -0.39 is 5.97 Å². The highest BCUT2D eigenvalue weighted by molar-refractivity contribution is 5.85. The summed E-state index contributed by atoms with van der Waals surface area (Å²) in [6, 6.07) is 6.01. The monoisotopic (exact) mass is 218 g/mol. The van der Waals surface area contributed by atoms with Crippen LogP contribution in [0.4, 0.5) is 0 Å². The van der Waals surface area contributed by atoms with Gasteiger partial charge in [0, 0.05) is 18.9 Å². The van der Waals surface area contributed by atoms with E-state index in [9.17, 15) is 4.79 Å². The molecule has 0 fully saturated rings. The molecule has 0 saturated carbocycles. The van der Waals surface area contributed by atoms with Gasteiger partial charge in [0.2, 0.25) is 0 Å². The number of carboxylic acid groups (broad SMARTS) is 1. The van der Waals surface area contributed by atoms with Crippen molar-refractivity contribution in [2.45, 2.75) is 19.8 Å². The van der Waals surface area contributed by atoms with Crippen molar-refractivity contribution in [1.82, 2.24) is 9.78 Å². The van der Waals surface area contributed by atoms with Crippen molar-refractivity contribution in [2.24, 2.45) is 7.05 Å². The molecule has 0 bridgehead atoms. The molecule has 16 heavy (non-hydrogen) atoms. The largest absolute Gasteiger partial charge is 0.481 e. The van der Waals surface area contributed by atoms with Gasteiger partial charge in [-0.15, -0.1) is 0 Å². The van der Waals surface area contributed by atoms with Gasteiger partial charge in [-0.2, -0.15) is 5.10 Å². The molecule has 0 atom stereocenters. The van der Waals surface area contributed by atoms with Crippen LogP contribution in [0.25, 0.3) is 10.9 Å². The lowest BCUT2D eigenvalue weighted by atomic mass is 10.1. The van der Waals surface area contributed by atoms with Gasteiger partial charge in [-0.25, -0.2) is 0 Å². The molecule has 0 spiro atoms. The second-order valence-electron chi connectivity index (χ2n) is 3.93. The van der Waals surface area contributed by atoms with E-state index in [1.807, 2.05) is 32.2 Å². The highest BCUT2D eigenvalue weighted by Gasteiger charge is 2.11. The number of nitrogens with zero attached hydrogens (tertiary/aromatic N) is 2. The fraction of sp³-hybridized carbons (Fsp3) is 0.333. The summed E-state index contributed by atoms with van der Waals surface area (Å²) in [6.45, 7) is 2.02. The molecule has 0 saturated heterocycles. The predicted molar refractivity (Wildman–Crippen MR) is 61.4 cm³/mol. The Balaban J connectivity index is 2.49. The Morgan fingerprint density at radius 2 is 2.25 bits per heavy atom. The van der Waals surface area contributed by atoms with Crippen LogP contribution in [-0.4, -0.2) is 20.9 Å². The molecule has 1 aromatic heterocycles. The van der Waals surface area contributed by atoms with Crippen molar-refractivity contribution >= 4 is 16.9 Å². The highest BCUT2D eigenvalue weighted by atomic mass is 16.4. The van der Waals surface area contributed by atoms with Crippen LogP contribution in [0.3, 0.4) is 0 Å². The summed E-state index contributed by atoms with van der Waals surface area (Å²) in [5.41, 5.74) is 3.07. The van der Waals surface area contributed by atoms with Crippen LogP contribution in [0, 0.1) is 6.92 Å². The lowest BCUT2D eigenvalue weighted by molar-refractivity contribution is -0.136. The van der Waals surface area contributed by atoms with E-state index >= 15 is 0 Å². The van der Waals surface area contributed by atoms with Crippen LogP contribution < -0.4 is 0 Å². The maximum Gasteiger partial charge on any atom is 0.303 e. The summed E-state index contributed by atoms with van der Waals surface area (Å²) in [4.78, 5) is 10.6. The van der Waals surface area contributed by atoms with Crippen molar-refractivity contribution < 1.29 is 9.90 Å². The maximum absolute atomic E-state index is 10.6. The zero-order chi connectivity index (χ0) is 11.7. The van der Waals surface area contributed by atoms with E-state index in [0.29, 0.717) is 6.42 Å².